The fraction of sp³-hybridized carbons (Fsp3) is 0.231. The number of likely N-dealkylation sites (N-methyl/N-ethyl adjacent to an activating group) is 1. The lowest BCUT2D eigenvalue weighted by Gasteiger charge is -2.35. The van der Waals surface area contributed by atoms with Crippen LogP contribution in [0.1, 0.15) is 21.5 Å². The van der Waals surface area contributed by atoms with E-state index >= 15 is 0 Å². The van der Waals surface area contributed by atoms with E-state index in [1.807, 2.05) is 67.6 Å². The number of hydrogen-bond donors (Lipinski definition) is 0. The van der Waals surface area contributed by atoms with Gasteiger partial charge in [0.15, 0.2) is 0 Å². The summed E-state index contributed by atoms with van der Waals surface area (Å²) >= 11 is 6.37. The van der Waals surface area contributed by atoms with Crippen molar-refractivity contribution in [3.05, 3.63) is 88.4 Å². The van der Waals surface area contributed by atoms with Gasteiger partial charge in [-0.15, -0.1) is 0 Å². The monoisotopic (exact) mass is 444 g/mol. The van der Waals surface area contributed by atoms with Crippen LogP contribution in [0.5, 0.6) is 0 Å². The molecule has 2 heterocycles. The van der Waals surface area contributed by atoms with Crippen molar-refractivity contribution in [2.24, 2.45) is 4.99 Å². The summed E-state index contributed by atoms with van der Waals surface area (Å²) in [6.45, 7) is 5.66. The molecule has 3 aromatic rings. The molecule has 1 amide bonds. The molecule has 6 heteroatoms. The molecule has 0 N–H and O–H groups in total. The molecule has 0 aliphatic carbocycles. The maximum atomic E-state index is 13.9. The molecular formula is C26H25ClN4O. The average Bonchev–Trinajstić information content (AvgIpc) is 2.94. The quantitative estimate of drug-likeness (QED) is 0.513. The number of rotatable bonds is 1. The number of nitrogens with zero attached hydrogens (tertiary/aromatic N) is 4. The molecule has 0 radical (unpaired) electrons. The number of carbonyl (C=O) groups is 1. The summed E-state index contributed by atoms with van der Waals surface area (Å²) in [4.78, 5) is 25.4. The lowest BCUT2D eigenvalue weighted by Crippen LogP contribution is -2.47. The predicted molar refractivity (Wildman–Crippen MR) is 131 cm³/mol. The Hall–Kier alpha value is -3.15. The van der Waals surface area contributed by atoms with E-state index in [-0.39, 0.29) is 5.91 Å². The summed E-state index contributed by atoms with van der Waals surface area (Å²) in [5, 5.41) is 0.597. The van der Waals surface area contributed by atoms with E-state index in [0.717, 1.165) is 54.5 Å². The van der Waals surface area contributed by atoms with Gasteiger partial charge >= 0.3 is 0 Å². The molecule has 0 unspecified atom stereocenters. The number of aryl methyl sites for hydroxylation is 1. The standard InChI is InChI=1S/C26H25ClN4O/c1-18-7-3-4-8-20(18)26(32)31-23-10-6-5-9-21(23)25(30-15-13-29(2)14-16-30)28-22-17-19(27)11-12-24(22)31/h3-12,17H,13-16H2,1-2H3. The molecule has 1 saturated heterocycles. The highest BCUT2D eigenvalue weighted by Crippen LogP contribution is 2.42. The Labute approximate surface area is 193 Å². The van der Waals surface area contributed by atoms with E-state index in [2.05, 4.69) is 22.9 Å². The molecule has 32 heavy (non-hydrogen) atoms. The Morgan fingerprint density at radius 2 is 1.62 bits per heavy atom. The first-order valence-electron chi connectivity index (χ1n) is 10.8. The van der Waals surface area contributed by atoms with Gasteiger partial charge in [-0.2, -0.15) is 0 Å². The third-order valence-corrected chi connectivity index (χ3v) is 6.41. The van der Waals surface area contributed by atoms with Crippen molar-refractivity contribution in [1.29, 1.82) is 0 Å². The van der Waals surface area contributed by atoms with E-state index < -0.39 is 0 Å². The van der Waals surface area contributed by atoms with E-state index in [0.29, 0.717) is 16.3 Å². The zero-order valence-electron chi connectivity index (χ0n) is 18.3. The number of fused-ring (bicyclic) bond motifs is 2. The summed E-state index contributed by atoms with van der Waals surface area (Å²) in [5.41, 5.74) is 4.83. The van der Waals surface area contributed by atoms with E-state index in [4.69, 9.17) is 16.6 Å². The Bertz CT molecular complexity index is 1210. The summed E-state index contributed by atoms with van der Waals surface area (Å²) in [5.74, 6) is 0.811. The minimum absolute atomic E-state index is 0.0750. The fourth-order valence-corrected chi connectivity index (χ4v) is 4.51. The Morgan fingerprint density at radius 1 is 0.906 bits per heavy atom. The molecule has 0 spiro atoms. The number of amidine groups is 1. The van der Waals surface area contributed by atoms with Crippen molar-refractivity contribution in [2.45, 2.75) is 6.92 Å². The van der Waals surface area contributed by atoms with Crippen LogP contribution in [-0.2, 0) is 0 Å². The van der Waals surface area contributed by atoms with Gasteiger partial charge in [0.2, 0.25) is 0 Å². The smallest absolute Gasteiger partial charge is 0.263 e. The van der Waals surface area contributed by atoms with Crippen LogP contribution < -0.4 is 4.90 Å². The first-order chi connectivity index (χ1) is 15.5. The Kier molecular flexibility index (Phi) is 5.45. The van der Waals surface area contributed by atoms with E-state index in [1.54, 1.807) is 4.90 Å². The number of para-hydroxylation sites is 1. The van der Waals surface area contributed by atoms with Crippen LogP contribution in [0.4, 0.5) is 17.1 Å². The van der Waals surface area contributed by atoms with Crippen molar-refractivity contribution in [3.63, 3.8) is 0 Å². The first kappa shape index (κ1) is 20.7. The average molecular weight is 445 g/mol. The highest BCUT2D eigenvalue weighted by Gasteiger charge is 2.31. The minimum atomic E-state index is -0.0750. The lowest BCUT2D eigenvalue weighted by molar-refractivity contribution is 0.0998. The van der Waals surface area contributed by atoms with Gasteiger partial charge in [0.1, 0.15) is 5.84 Å². The van der Waals surface area contributed by atoms with Crippen LogP contribution in [0.2, 0.25) is 5.02 Å². The van der Waals surface area contributed by atoms with E-state index in [1.165, 1.54) is 0 Å². The third kappa shape index (κ3) is 3.68. The van der Waals surface area contributed by atoms with Crippen LogP contribution in [0.3, 0.4) is 0 Å². The number of amides is 1. The minimum Gasteiger partial charge on any atom is -0.353 e. The second kappa shape index (κ2) is 8.41. The third-order valence-electron chi connectivity index (χ3n) is 6.17. The van der Waals surface area contributed by atoms with Gasteiger partial charge in [-0.05, 0) is 55.9 Å². The van der Waals surface area contributed by atoms with Crippen LogP contribution >= 0.6 is 11.6 Å². The molecule has 5 nitrogen and oxygen atoms in total. The Morgan fingerprint density at radius 3 is 2.41 bits per heavy atom. The summed E-state index contributed by atoms with van der Waals surface area (Å²) in [6, 6.07) is 21.3. The van der Waals surface area contributed by atoms with Crippen molar-refractivity contribution in [2.75, 3.05) is 38.1 Å². The molecule has 1 fully saturated rings. The fourth-order valence-electron chi connectivity index (χ4n) is 4.35. The largest absolute Gasteiger partial charge is 0.353 e. The van der Waals surface area contributed by atoms with Crippen molar-refractivity contribution < 1.29 is 4.79 Å². The molecule has 5 rings (SSSR count). The molecule has 3 aromatic carbocycles. The maximum absolute atomic E-state index is 13.9. The zero-order chi connectivity index (χ0) is 22.2. The molecule has 162 valence electrons. The molecule has 2 aliphatic heterocycles. The normalized spacial score (nSPS) is 16.2. The van der Waals surface area contributed by atoms with E-state index in [9.17, 15) is 4.79 Å². The molecule has 2 aliphatic rings. The molecule has 0 atom stereocenters. The number of anilines is 2. The van der Waals surface area contributed by atoms with Gasteiger partial charge in [-0.25, -0.2) is 4.99 Å². The van der Waals surface area contributed by atoms with Crippen molar-refractivity contribution in [1.82, 2.24) is 9.80 Å². The van der Waals surface area contributed by atoms with Crippen LogP contribution in [-0.4, -0.2) is 54.8 Å². The zero-order valence-corrected chi connectivity index (χ0v) is 19.0. The maximum Gasteiger partial charge on any atom is 0.263 e. The summed E-state index contributed by atoms with van der Waals surface area (Å²) in [7, 11) is 2.14. The predicted octanol–water partition coefficient (Wildman–Crippen LogP) is 5.27. The van der Waals surface area contributed by atoms with Crippen molar-refractivity contribution in [3.8, 4) is 0 Å². The first-order valence-corrected chi connectivity index (χ1v) is 11.2. The number of piperazine rings is 1. The highest BCUT2D eigenvalue weighted by molar-refractivity contribution is 6.31. The number of aliphatic imine (C=N–C) groups is 1. The SMILES string of the molecule is Cc1ccccc1C(=O)N1c2ccc(Cl)cc2N=C(N2CCN(C)CC2)c2ccccc21. The van der Waals surface area contributed by atoms with Gasteiger partial charge in [0.25, 0.3) is 5.91 Å². The van der Waals surface area contributed by atoms with Crippen LogP contribution in [0.25, 0.3) is 0 Å². The van der Waals surface area contributed by atoms with Crippen LogP contribution in [0, 0.1) is 6.92 Å². The van der Waals surface area contributed by atoms with Crippen LogP contribution in [0.15, 0.2) is 71.7 Å². The Balaban J connectivity index is 1.71. The number of halogens is 1. The lowest BCUT2D eigenvalue weighted by atomic mass is 10.0. The topological polar surface area (TPSA) is 39.2 Å². The van der Waals surface area contributed by atoms with Gasteiger partial charge in [-0.3, -0.25) is 9.69 Å². The second-order valence-electron chi connectivity index (χ2n) is 8.33. The number of benzene rings is 3. The summed E-state index contributed by atoms with van der Waals surface area (Å²) < 4.78 is 0. The molecular weight excluding hydrogens is 420 g/mol. The highest BCUT2D eigenvalue weighted by atomic mass is 35.5. The number of hydrogen-bond acceptors (Lipinski definition) is 4. The van der Waals surface area contributed by atoms with Gasteiger partial charge in [0, 0.05) is 42.3 Å². The van der Waals surface area contributed by atoms with Gasteiger partial charge in [0.05, 0.1) is 17.1 Å². The molecule has 0 aromatic heterocycles. The summed E-state index contributed by atoms with van der Waals surface area (Å²) in [6.07, 6.45) is 0. The molecule has 0 bridgehead atoms. The van der Waals surface area contributed by atoms with Gasteiger partial charge in [-0.1, -0.05) is 41.9 Å². The molecule has 0 saturated carbocycles. The number of carbonyl (C=O) groups excluding carboxylic acids is 1. The van der Waals surface area contributed by atoms with Crippen molar-refractivity contribution >= 4 is 40.4 Å². The second-order valence-corrected chi connectivity index (χ2v) is 8.77. The van der Waals surface area contributed by atoms with Gasteiger partial charge < -0.3 is 9.80 Å².